The van der Waals surface area contributed by atoms with Gasteiger partial charge in [0, 0.05) is 17.8 Å². The van der Waals surface area contributed by atoms with E-state index in [-0.39, 0.29) is 16.5 Å². The number of aryl methyl sites for hydroxylation is 1. The third-order valence-corrected chi connectivity index (χ3v) is 5.03. The number of sulfonamides is 1. The number of hydrogen-bond donors (Lipinski definition) is 3. The van der Waals surface area contributed by atoms with Crippen molar-refractivity contribution in [1.29, 1.82) is 0 Å². The number of aromatic nitrogens is 2. The lowest BCUT2D eigenvalue weighted by Gasteiger charge is -2.05. The van der Waals surface area contributed by atoms with Crippen LogP contribution in [0, 0.1) is 13.8 Å². The van der Waals surface area contributed by atoms with Gasteiger partial charge in [-0.1, -0.05) is 5.16 Å². The maximum Gasteiger partial charge on any atom is 0.290 e. The molecule has 0 radical (unpaired) electrons. The Kier molecular flexibility index (Phi) is 4.77. The van der Waals surface area contributed by atoms with Crippen molar-refractivity contribution in [2.24, 2.45) is 10.2 Å². The molecule has 140 valence electrons. The first-order chi connectivity index (χ1) is 12.8. The molecule has 1 aromatic carbocycles. The number of aromatic hydroxyl groups is 1. The molecule has 0 saturated heterocycles. The number of anilines is 1. The Bertz CT molecular complexity index is 1160. The van der Waals surface area contributed by atoms with Gasteiger partial charge in [-0.05, 0) is 38.1 Å². The Balaban J connectivity index is 1.77. The van der Waals surface area contributed by atoms with E-state index in [1.165, 1.54) is 30.5 Å². The number of azo groups is 1. The minimum atomic E-state index is -3.85. The first-order valence-electron chi connectivity index (χ1n) is 7.65. The van der Waals surface area contributed by atoms with E-state index in [1.807, 2.05) is 0 Å². The highest BCUT2D eigenvalue weighted by atomic mass is 32.2. The predicted molar refractivity (Wildman–Crippen MR) is 96.1 cm³/mol. The highest BCUT2D eigenvalue weighted by Gasteiger charge is 2.19. The summed E-state index contributed by atoms with van der Waals surface area (Å²) in [6.45, 7) is 3.40. The molecule has 0 bridgehead atoms. The van der Waals surface area contributed by atoms with Crippen LogP contribution in [0.4, 0.5) is 17.3 Å². The Morgan fingerprint density at radius 3 is 2.41 bits per heavy atom. The van der Waals surface area contributed by atoms with Gasteiger partial charge in [-0.15, -0.1) is 5.11 Å². The van der Waals surface area contributed by atoms with Crippen molar-refractivity contribution in [2.75, 3.05) is 4.72 Å². The molecule has 0 atom stereocenters. The van der Waals surface area contributed by atoms with Crippen LogP contribution in [0.3, 0.4) is 0 Å². The summed E-state index contributed by atoms with van der Waals surface area (Å²) in [4.78, 5) is 13.4. The van der Waals surface area contributed by atoms with Gasteiger partial charge in [0.2, 0.25) is 5.88 Å². The van der Waals surface area contributed by atoms with Crippen LogP contribution < -0.4 is 10.3 Å². The number of nitrogens with one attached hydrogen (secondary N) is 2. The van der Waals surface area contributed by atoms with Crippen molar-refractivity contribution >= 4 is 27.3 Å². The van der Waals surface area contributed by atoms with Crippen molar-refractivity contribution in [2.45, 2.75) is 18.7 Å². The summed E-state index contributed by atoms with van der Waals surface area (Å²) in [7, 11) is -3.85. The first-order valence-corrected chi connectivity index (χ1v) is 9.14. The summed E-state index contributed by atoms with van der Waals surface area (Å²) in [5.41, 5.74) is 1.19. The van der Waals surface area contributed by atoms with Gasteiger partial charge in [-0.3, -0.25) is 4.79 Å². The molecule has 10 nitrogen and oxygen atoms in total. The number of rotatable bonds is 5. The van der Waals surface area contributed by atoms with Gasteiger partial charge >= 0.3 is 0 Å². The lowest BCUT2D eigenvalue weighted by molar-refractivity contribution is 0.430. The van der Waals surface area contributed by atoms with Crippen LogP contribution in [-0.4, -0.2) is 23.7 Å². The maximum absolute atomic E-state index is 12.4. The van der Waals surface area contributed by atoms with Gasteiger partial charge in [0.05, 0.1) is 16.3 Å². The summed E-state index contributed by atoms with van der Waals surface area (Å²) >= 11 is 0. The van der Waals surface area contributed by atoms with E-state index < -0.39 is 21.3 Å². The molecule has 0 spiro atoms. The first kappa shape index (κ1) is 18.3. The predicted octanol–water partition coefficient (Wildman–Crippen LogP) is 2.90. The molecule has 0 aliphatic carbocycles. The monoisotopic (exact) mass is 389 g/mol. The Labute approximate surface area is 153 Å². The van der Waals surface area contributed by atoms with E-state index in [2.05, 4.69) is 25.1 Å². The minimum absolute atomic E-state index is 0.0107. The summed E-state index contributed by atoms with van der Waals surface area (Å²) < 4.78 is 32.1. The lowest BCUT2D eigenvalue weighted by Crippen LogP contribution is -2.12. The summed E-state index contributed by atoms with van der Waals surface area (Å²) in [5, 5.41) is 20.8. The minimum Gasteiger partial charge on any atom is -0.503 e. The van der Waals surface area contributed by atoms with E-state index >= 15 is 0 Å². The van der Waals surface area contributed by atoms with E-state index in [4.69, 9.17) is 4.52 Å². The van der Waals surface area contributed by atoms with Crippen LogP contribution >= 0.6 is 0 Å². The van der Waals surface area contributed by atoms with E-state index in [1.54, 1.807) is 13.8 Å². The quantitative estimate of drug-likeness (QED) is 0.571. The normalized spacial score (nSPS) is 11.8. The van der Waals surface area contributed by atoms with E-state index in [0.717, 1.165) is 6.07 Å². The zero-order valence-electron chi connectivity index (χ0n) is 14.3. The lowest BCUT2D eigenvalue weighted by atomic mass is 10.3. The third-order valence-electron chi connectivity index (χ3n) is 3.68. The van der Waals surface area contributed by atoms with Crippen LogP contribution in [0.1, 0.15) is 11.3 Å². The van der Waals surface area contributed by atoms with Crippen LogP contribution in [0.25, 0.3) is 0 Å². The average molecular weight is 389 g/mol. The summed E-state index contributed by atoms with van der Waals surface area (Å²) in [5.74, 6) is -0.411. The maximum atomic E-state index is 12.4. The molecule has 3 rings (SSSR count). The molecule has 0 fully saturated rings. The molecule has 0 aliphatic rings. The molecule has 3 aromatic rings. The fraction of sp³-hybridized carbons (Fsp3) is 0.125. The number of nitrogens with zero attached hydrogens (tertiary/aromatic N) is 3. The molecule has 11 heteroatoms. The Morgan fingerprint density at radius 2 is 1.81 bits per heavy atom. The average Bonchev–Trinajstić information content (AvgIpc) is 2.95. The van der Waals surface area contributed by atoms with Gasteiger partial charge in [0.25, 0.3) is 15.6 Å². The molecule has 2 heterocycles. The molecule has 2 aromatic heterocycles. The van der Waals surface area contributed by atoms with Crippen LogP contribution in [0.5, 0.6) is 5.75 Å². The van der Waals surface area contributed by atoms with Crippen molar-refractivity contribution < 1.29 is 18.0 Å². The standard InChI is InChI=1S/C16H15N5O5S/c1-9-10(2)20-26-16(9)21-27(24,25)13-5-3-11(4-6-13)18-19-12-7-14(22)15(23)17-8-12/h3-8,21-22H,1-2H3,(H,17,23). The zero-order chi connectivity index (χ0) is 19.6. The zero-order valence-corrected chi connectivity index (χ0v) is 15.1. The summed E-state index contributed by atoms with van der Waals surface area (Å²) in [6.07, 6.45) is 1.29. The topological polar surface area (TPSA) is 150 Å². The second-order valence-electron chi connectivity index (χ2n) is 5.59. The number of H-pyrrole nitrogens is 1. The molecule has 0 saturated carbocycles. The molecule has 27 heavy (non-hydrogen) atoms. The second kappa shape index (κ2) is 7.03. The SMILES string of the molecule is Cc1noc(NS(=O)(=O)c2ccc(N=Nc3c[nH]c(=O)c(O)c3)cc2)c1C. The number of hydrogen-bond acceptors (Lipinski definition) is 8. The molecule has 0 unspecified atom stereocenters. The smallest absolute Gasteiger partial charge is 0.290 e. The van der Waals surface area contributed by atoms with Crippen molar-refractivity contribution in [1.82, 2.24) is 10.1 Å². The van der Waals surface area contributed by atoms with E-state index in [0.29, 0.717) is 16.9 Å². The van der Waals surface area contributed by atoms with Gasteiger partial charge in [-0.25, -0.2) is 13.1 Å². The number of aromatic amines is 1. The number of pyridine rings is 1. The molecular formula is C16H15N5O5S. The highest BCUT2D eigenvalue weighted by Crippen LogP contribution is 2.24. The van der Waals surface area contributed by atoms with Crippen molar-refractivity contribution in [3.63, 3.8) is 0 Å². The largest absolute Gasteiger partial charge is 0.503 e. The van der Waals surface area contributed by atoms with Crippen LogP contribution in [-0.2, 0) is 10.0 Å². The molecule has 3 N–H and O–H groups in total. The third kappa shape index (κ3) is 4.03. The van der Waals surface area contributed by atoms with Gasteiger partial charge in [-0.2, -0.15) is 5.11 Å². The van der Waals surface area contributed by atoms with Crippen LogP contribution in [0.2, 0.25) is 0 Å². The Hall–Kier alpha value is -3.47. The van der Waals surface area contributed by atoms with Gasteiger partial charge in [0.15, 0.2) is 5.75 Å². The van der Waals surface area contributed by atoms with E-state index in [9.17, 15) is 18.3 Å². The molecule has 0 amide bonds. The second-order valence-corrected chi connectivity index (χ2v) is 7.28. The highest BCUT2D eigenvalue weighted by molar-refractivity contribution is 7.92. The van der Waals surface area contributed by atoms with Gasteiger partial charge < -0.3 is 14.6 Å². The molecule has 0 aliphatic heterocycles. The summed E-state index contributed by atoms with van der Waals surface area (Å²) in [6, 6.07) is 6.80. The van der Waals surface area contributed by atoms with Crippen molar-refractivity contribution in [3.8, 4) is 5.75 Å². The Morgan fingerprint density at radius 1 is 1.15 bits per heavy atom. The fourth-order valence-electron chi connectivity index (χ4n) is 2.02. The number of benzene rings is 1. The van der Waals surface area contributed by atoms with Crippen LogP contribution in [0.15, 0.2) is 61.0 Å². The fourth-order valence-corrected chi connectivity index (χ4v) is 3.06. The van der Waals surface area contributed by atoms with Crippen molar-refractivity contribution in [3.05, 3.63) is 58.1 Å². The molecular weight excluding hydrogens is 374 g/mol. The van der Waals surface area contributed by atoms with Gasteiger partial charge in [0.1, 0.15) is 5.69 Å².